The van der Waals surface area contributed by atoms with E-state index in [1.807, 2.05) is 19.2 Å². The molecular formula is C12H14N4O. The van der Waals surface area contributed by atoms with Crippen LogP contribution in [0.2, 0.25) is 0 Å². The molecule has 0 atom stereocenters. The highest BCUT2D eigenvalue weighted by molar-refractivity contribution is 5.22. The number of hydrogen-bond acceptors (Lipinski definition) is 4. The molecule has 5 nitrogen and oxygen atoms in total. The highest BCUT2D eigenvalue weighted by Crippen LogP contribution is 2.38. The van der Waals surface area contributed by atoms with Crippen LogP contribution in [0.4, 0.5) is 0 Å². The van der Waals surface area contributed by atoms with E-state index in [0.29, 0.717) is 11.9 Å². The average Bonchev–Trinajstić information content (AvgIpc) is 3.07. The van der Waals surface area contributed by atoms with Gasteiger partial charge in [-0.05, 0) is 25.8 Å². The van der Waals surface area contributed by atoms with Crippen LogP contribution in [-0.4, -0.2) is 24.9 Å². The fourth-order valence-corrected chi connectivity index (χ4v) is 1.79. The minimum absolute atomic E-state index is 0.0292. The van der Waals surface area contributed by atoms with Crippen molar-refractivity contribution in [1.82, 2.24) is 19.7 Å². The molecule has 0 aromatic carbocycles. The monoisotopic (exact) mass is 230 g/mol. The highest BCUT2D eigenvalue weighted by atomic mass is 16.3. The molecule has 2 aromatic rings. The molecule has 1 aliphatic carbocycles. The zero-order valence-corrected chi connectivity index (χ0v) is 9.67. The molecule has 88 valence electrons. The summed E-state index contributed by atoms with van der Waals surface area (Å²) in [5.74, 6) is 1.20. The van der Waals surface area contributed by atoms with Crippen molar-refractivity contribution in [2.45, 2.75) is 32.3 Å². The summed E-state index contributed by atoms with van der Waals surface area (Å²) in [5.41, 5.74) is 2.67. The van der Waals surface area contributed by atoms with Crippen LogP contribution in [0.25, 0.3) is 5.95 Å². The number of aliphatic hydroxyl groups excluding tert-OH is 1. The Morgan fingerprint density at radius 1 is 1.47 bits per heavy atom. The first kappa shape index (κ1) is 10.4. The van der Waals surface area contributed by atoms with E-state index in [-0.39, 0.29) is 6.61 Å². The molecule has 0 saturated heterocycles. The lowest BCUT2D eigenvalue weighted by Gasteiger charge is -2.04. The standard InChI is InChI=1S/C12H14N4O/c1-8-10(7-17)6-13-12(14-8)16-5-4-11(15-16)9-2-3-9/h4-6,9,17H,2-3,7H2,1H3. The van der Waals surface area contributed by atoms with Gasteiger partial charge >= 0.3 is 0 Å². The van der Waals surface area contributed by atoms with Gasteiger partial charge in [0.1, 0.15) is 0 Å². The molecule has 1 aliphatic rings. The molecule has 0 aliphatic heterocycles. The SMILES string of the molecule is Cc1nc(-n2ccc(C3CC3)n2)ncc1CO. The average molecular weight is 230 g/mol. The molecule has 1 saturated carbocycles. The maximum absolute atomic E-state index is 9.06. The smallest absolute Gasteiger partial charge is 0.250 e. The van der Waals surface area contributed by atoms with Gasteiger partial charge in [0, 0.05) is 29.6 Å². The molecule has 2 aromatic heterocycles. The van der Waals surface area contributed by atoms with Crippen molar-refractivity contribution in [3.63, 3.8) is 0 Å². The third kappa shape index (κ3) is 1.93. The molecular weight excluding hydrogens is 216 g/mol. The quantitative estimate of drug-likeness (QED) is 0.864. The summed E-state index contributed by atoms with van der Waals surface area (Å²) in [6, 6.07) is 2.02. The molecule has 0 spiro atoms. The maximum atomic E-state index is 9.06. The topological polar surface area (TPSA) is 63.8 Å². The normalized spacial score (nSPS) is 15.2. The molecule has 0 radical (unpaired) electrons. The number of aliphatic hydroxyl groups is 1. The lowest BCUT2D eigenvalue weighted by Crippen LogP contribution is -2.05. The van der Waals surface area contributed by atoms with E-state index in [4.69, 9.17) is 5.11 Å². The first-order valence-electron chi connectivity index (χ1n) is 5.77. The Balaban J connectivity index is 1.93. The molecule has 0 bridgehead atoms. The van der Waals surface area contributed by atoms with Crippen LogP contribution in [0, 0.1) is 6.92 Å². The third-order valence-corrected chi connectivity index (χ3v) is 3.05. The van der Waals surface area contributed by atoms with Gasteiger partial charge in [-0.2, -0.15) is 5.10 Å². The molecule has 1 N–H and O–H groups in total. The number of hydrogen-bond donors (Lipinski definition) is 1. The van der Waals surface area contributed by atoms with E-state index in [9.17, 15) is 0 Å². The van der Waals surface area contributed by atoms with E-state index in [2.05, 4.69) is 15.1 Å². The second kappa shape index (κ2) is 3.92. The summed E-state index contributed by atoms with van der Waals surface area (Å²) >= 11 is 0. The Bertz CT molecular complexity index is 545. The van der Waals surface area contributed by atoms with Crippen molar-refractivity contribution < 1.29 is 5.11 Å². The van der Waals surface area contributed by atoms with E-state index >= 15 is 0 Å². The molecule has 0 unspecified atom stereocenters. The summed E-state index contributed by atoms with van der Waals surface area (Å²) in [6.45, 7) is 1.83. The van der Waals surface area contributed by atoms with Crippen LogP contribution in [0.15, 0.2) is 18.5 Å². The van der Waals surface area contributed by atoms with Crippen LogP contribution in [0.5, 0.6) is 0 Å². The van der Waals surface area contributed by atoms with Crippen LogP contribution < -0.4 is 0 Å². The number of rotatable bonds is 3. The summed E-state index contributed by atoms with van der Waals surface area (Å²) < 4.78 is 1.70. The van der Waals surface area contributed by atoms with E-state index in [1.165, 1.54) is 12.8 Å². The minimum atomic E-state index is -0.0292. The van der Waals surface area contributed by atoms with Crippen molar-refractivity contribution in [2.75, 3.05) is 0 Å². The Kier molecular flexibility index (Phi) is 2.40. The van der Waals surface area contributed by atoms with Gasteiger partial charge in [-0.1, -0.05) is 0 Å². The predicted molar refractivity (Wildman–Crippen MR) is 61.8 cm³/mol. The third-order valence-electron chi connectivity index (χ3n) is 3.05. The first-order valence-corrected chi connectivity index (χ1v) is 5.77. The number of nitrogens with zero attached hydrogens (tertiary/aromatic N) is 4. The van der Waals surface area contributed by atoms with Crippen LogP contribution >= 0.6 is 0 Å². The summed E-state index contributed by atoms with van der Waals surface area (Å²) in [6.07, 6.45) is 6.01. The lowest BCUT2D eigenvalue weighted by atomic mass is 10.3. The van der Waals surface area contributed by atoms with Crippen molar-refractivity contribution >= 4 is 0 Å². The number of aromatic nitrogens is 4. The fourth-order valence-electron chi connectivity index (χ4n) is 1.79. The Morgan fingerprint density at radius 3 is 2.94 bits per heavy atom. The maximum Gasteiger partial charge on any atom is 0.250 e. The van der Waals surface area contributed by atoms with Crippen molar-refractivity contribution in [2.24, 2.45) is 0 Å². The van der Waals surface area contributed by atoms with Gasteiger partial charge in [0.25, 0.3) is 5.95 Å². The largest absolute Gasteiger partial charge is 0.392 e. The van der Waals surface area contributed by atoms with Gasteiger partial charge in [0.2, 0.25) is 0 Å². The van der Waals surface area contributed by atoms with Crippen molar-refractivity contribution in [3.8, 4) is 5.95 Å². The summed E-state index contributed by atoms with van der Waals surface area (Å²) in [5, 5.41) is 13.5. The molecule has 17 heavy (non-hydrogen) atoms. The zero-order valence-electron chi connectivity index (χ0n) is 9.67. The second-order valence-corrected chi connectivity index (χ2v) is 4.40. The fraction of sp³-hybridized carbons (Fsp3) is 0.417. The lowest BCUT2D eigenvalue weighted by molar-refractivity contribution is 0.280. The predicted octanol–water partition coefficient (Wildman–Crippen LogP) is 1.34. The van der Waals surface area contributed by atoms with Crippen LogP contribution in [0.3, 0.4) is 0 Å². The summed E-state index contributed by atoms with van der Waals surface area (Å²) in [7, 11) is 0. The van der Waals surface area contributed by atoms with Gasteiger partial charge in [-0.3, -0.25) is 0 Å². The first-order chi connectivity index (χ1) is 8.28. The van der Waals surface area contributed by atoms with E-state index < -0.39 is 0 Å². The van der Waals surface area contributed by atoms with Gasteiger partial charge in [-0.15, -0.1) is 0 Å². The zero-order chi connectivity index (χ0) is 11.8. The van der Waals surface area contributed by atoms with E-state index in [0.717, 1.165) is 17.0 Å². The van der Waals surface area contributed by atoms with Crippen molar-refractivity contribution in [3.05, 3.63) is 35.4 Å². The number of aryl methyl sites for hydroxylation is 1. The molecule has 2 heterocycles. The summed E-state index contributed by atoms with van der Waals surface area (Å²) in [4.78, 5) is 8.54. The Labute approximate surface area is 99.1 Å². The van der Waals surface area contributed by atoms with Crippen LogP contribution in [0.1, 0.15) is 35.7 Å². The van der Waals surface area contributed by atoms with Gasteiger partial charge in [0.15, 0.2) is 0 Å². The molecule has 5 heteroatoms. The Morgan fingerprint density at radius 2 is 2.29 bits per heavy atom. The highest BCUT2D eigenvalue weighted by Gasteiger charge is 2.26. The molecule has 1 fully saturated rings. The van der Waals surface area contributed by atoms with E-state index in [1.54, 1.807) is 10.9 Å². The Hall–Kier alpha value is -1.75. The van der Waals surface area contributed by atoms with Crippen LogP contribution in [-0.2, 0) is 6.61 Å². The molecule has 0 amide bonds. The van der Waals surface area contributed by atoms with Gasteiger partial charge < -0.3 is 5.11 Å². The van der Waals surface area contributed by atoms with Crippen molar-refractivity contribution in [1.29, 1.82) is 0 Å². The second-order valence-electron chi connectivity index (χ2n) is 4.40. The van der Waals surface area contributed by atoms with Gasteiger partial charge in [0.05, 0.1) is 12.3 Å². The van der Waals surface area contributed by atoms with Gasteiger partial charge in [-0.25, -0.2) is 14.6 Å². The minimum Gasteiger partial charge on any atom is -0.392 e. The molecule has 3 rings (SSSR count).